The molecule has 23 heavy (non-hydrogen) atoms. The van der Waals surface area contributed by atoms with Crippen molar-refractivity contribution in [1.82, 2.24) is 5.32 Å². The van der Waals surface area contributed by atoms with Crippen LogP contribution in [0.3, 0.4) is 0 Å². The zero-order valence-electron chi connectivity index (χ0n) is 14.4. The molecule has 0 aliphatic carbocycles. The largest absolute Gasteiger partial charge is 0.444 e. The summed E-state index contributed by atoms with van der Waals surface area (Å²) in [5.41, 5.74) is 1.13. The van der Waals surface area contributed by atoms with E-state index in [-0.39, 0.29) is 13.1 Å². The van der Waals surface area contributed by atoms with Crippen molar-refractivity contribution < 1.29 is 17.9 Å². The van der Waals surface area contributed by atoms with Crippen LogP contribution < -0.4 is 9.62 Å². The van der Waals surface area contributed by atoms with Gasteiger partial charge in [0, 0.05) is 6.54 Å². The lowest BCUT2D eigenvalue weighted by molar-refractivity contribution is 0.0529. The van der Waals surface area contributed by atoms with Crippen LogP contribution in [0.15, 0.2) is 24.3 Å². The number of aryl methyl sites for hydroxylation is 1. The smallest absolute Gasteiger partial charge is 0.407 e. The number of hydrogen-bond acceptors (Lipinski definition) is 4. The molecule has 0 fully saturated rings. The fourth-order valence-corrected chi connectivity index (χ4v) is 2.89. The molecule has 0 atom stereocenters. The normalized spacial score (nSPS) is 11.9. The van der Waals surface area contributed by atoms with Crippen LogP contribution in [0.2, 0.25) is 0 Å². The summed E-state index contributed by atoms with van der Waals surface area (Å²) in [5.74, 6) is 0. The molecule has 6 nitrogen and oxygen atoms in total. The van der Waals surface area contributed by atoms with Gasteiger partial charge in [-0.1, -0.05) is 19.1 Å². The Labute approximate surface area is 138 Å². The van der Waals surface area contributed by atoms with Crippen LogP contribution in [-0.4, -0.2) is 39.5 Å². The number of hydrogen-bond donors (Lipinski definition) is 1. The molecule has 0 radical (unpaired) electrons. The lowest BCUT2D eigenvalue weighted by atomic mass is 10.1. The Balaban J connectivity index is 2.72. The maximum absolute atomic E-state index is 12.0. The number of benzene rings is 1. The van der Waals surface area contributed by atoms with Crippen molar-refractivity contribution in [2.45, 2.75) is 39.7 Å². The Morgan fingerprint density at radius 3 is 2.22 bits per heavy atom. The number of sulfonamides is 1. The van der Waals surface area contributed by atoms with Crippen molar-refractivity contribution in [1.29, 1.82) is 0 Å². The van der Waals surface area contributed by atoms with Crippen LogP contribution in [0, 0.1) is 0 Å². The van der Waals surface area contributed by atoms with Crippen LogP contribution in [0.1, 0.15) is 33.3 Å². The van der Waals surface area contributed by atoms with Gasteiger partial charge in [0.2, 0.25) is 10.0 Å². The van der Waals surface area contributed by atoms with E-state index in [0.29, 0.717) is 5.69 Å². The Morgan fingerprint density at radius 2 is 1.78 bits per heavy atom. The highest BCUT2D eigenvalue weighted by Gasteiger charge is 2.19. The van der Waals surface area contributed by atoms with Crippen LogP contribution >= 0.6 is 0 Å². The third-order valence-electron chi connectivity index (χ3n) is 3.02. The van der Waals surface area contributed by atoms with E-state index in [1.54, 1.807) is 32.9 Å². The summed E-state index contributed by atoms with van der Waals surface area (Å²) in [4.78, 5) is 11.6. The molecule has 0 aromatic heterocycles. The van der Waals surface area contributed by atoms with Crippen molar-refractivity contribution in [3.8, 4) is 0 Å². The Morgan fingerprint density at radius 1 is 1.22 bits per heavy atom. The first kappa shape index (κ1) is 19.3. The number of alkyl carbamates (subject to hydrolysis) is 1. The lowest BCUT2D eigenvalue weighted by Gasteiger charge is -2.24. The minimum atomic E-state index is -3.43. The number of amides is 1. The number of carbonyl (C=O) groups excluding carboxylic acids is 1. The molecule has 0 spiro atoms. The number of anilines is 1. The van der Waals surface area contributed by atoms with E-state index in [4.69, 9.17) is 4.74 Å². The average Bonchev–Trinajstić information content (AvgIpc) is 2.40. The summed E-state index contributed by atoms with van der Waals surface area (Å²) in [5, 5.41) is 2.57. The molecule has 1 aromatic carbocycles. The summed E-state index contributed by atoms with van der Waals surface area (Å²) < 4.78 is 30.3. The van der Waals surface area contributed by atoms with Gasteiger partial charge >= 0.3 is 6.09 Å². The van der Waals surface area contributed by atoms with Gasteiger partial charge in [-0.15, -0.1) is 0 Å². The minimum absolute atomic E-state index is 0.142. The first-order valence-corrected chi connectivity index (χ1v) is 9.41. The molecule has 130 valence electrons. The SMILES string of the molecule is CCc1ccc(N(CCNC(=O)OC(C)(C)C)S(C)(=O)=O)cc1. The predicted molar refractivity (Wildman–Crippen MR) is 92.2 cm³/mol. The third-order valence-corrected chi connectivity index (χ3v) is 4.21. The van der Waals surface area contributed by atoms with Crippen molar-refractivity contribution >= 4 is 21.8 Å². The Bertz CT molecular complexity index is 618. The topological polar surface area (TPSA) is 75.7 Å². The fraction of sp³-hybridized carbons (Fsp3) is 0.562. The molecule has 1 amide bonds. The molecule has 7 heteroatoms. The zero-order chi connectivity index (χ0) is 17.7. The van der Waals surface area contributed by atoms with Gasteiger partial charge in [0.1, 0.15) is 5.60 Å². The molecule has 0 unspecified atom stereocenters. The van der Waals surface area contributed by atoms with Crippen LogP contribution in [-0.2, 0) is 21.2 Å². The van der Waals surface area contributed by atoms with Crippen molar-refractivity contribution in [2.24, 2.45) is 0 Å². The van der Waals surface area contributed by atoms with E-state index in [9.17, 15) is 13.2 Å². The van der Waals surface area contributed by atoms with E-state index in [1.807, 2.05) is 19.1 Å². The average molecular weight is 342 g/mol. The van der Waals surface area contributed by atoms with Crippen LogP contribution in [0.4, 0.5) is 10.5 Å². The summed E-state index contributed by atoms with van der Waals surface area (Å²) in [6, 6.07) is 7.34. The summed E-state index contributed by atoms with van der Waals surface area (Å²) in [6.45, 7) is 7.65. The molecule has 0 saturated carbocycles. The molecule has 0 heterocycles. The summed E-state index contributed by atoms with van der Waals surface area (Å²) in [6.07, 6.45) is 1.47. The van der Waals surface area contributed by atoms with Gasteiger partial charge in [-0.3, -0.25) is 4.31 Å². The second kappa shape index (κ2) is 7.68. The van der Waals surface area contributed by atoms with Crippen molar-refractivity contribution in [3.63, 3.8) is 0 Å². The molecule has 0 aliphatic rings. The lowest BCUT2D eigenvalue weighted by Crippen LogP contribution is -2.40. The number of carbonyl (C=O) groups is 1. The number of nitrogens with one attached hydrogen (secondary N) is 1. The second-order valence-corrected chi connectivity index (χ2v) is 8.19. The van der Waals surface area contributed by atoms with E-state index in [1.165, 1.54) is 4.31 Å². The highest BCUT2D eigenvalue weighted by molar-refractivity contribution is 7.92. The molecule has 1 aromatic rings. The maximum Gasteiger partial charge on any atom is 0.407 e. The monoisotopic (exact) mass is 342 g/mol. The molecule has 0 aliphatic heterocycles. The summed E-state index contributed by atoms with van der Waals surface area (Å²) >= 11 is 0. The second-order valence-electron chi connectivity index (χ2n) is 6.28. The molecule has 1 rings (SSSR count). The number of nitrogens with zero attached hydrogens (tertiary/aromatic N) is 1. The molecular formula is C16H26N2O4S. The van der Waals surface area contributed by atoms with Gasteiger partial charge in [-0.25, -0.2) is 13.2 Å². The third kappa shape index (κ3) is 6.90. The zero-order valence-corrected chi connectivity index (χ0v) is 15.2. The predicted octanol–water partition coefficient (Wildman–Crippen LogP) is 2.54. The van der Waals surface area contributed by atoms with Crippen LogP contribution in [0.25, 0.3) is 0 Å². The number of ether oxygens (including phenoxy) is 1. The van der Waals surface area contributed by atoms with Gasteiger partial charge in [0.05, 0.1) is 18.5 Å². The number of rotatable bonds is 6. The standard InChI is InChI=1S/C16H26N2O4S/c1-6-13-7-9-14(10-8-13)18(23(5,20)21)12-11-17-15(19)22-16(2,3)4/h7-10H,6,11-12H2,1-5H3,(H,17,19). The van der Waals surface area contributed by atoms with E-state index >= 15 is 0 Å². The fourth-order valence-electron chi connectivity index (χ4n) is 1.96. The van der Waals surface area contributed by atoms with Gasteiger partial charge < -0.3 is 10.1 Å². The quantitative estimate of drug-likeness (QED) is 0.862. The van der Waals surface area contributed by atoms with Crippen molar-refractivity contribution in [3.05, 3.63) is 29.8 Å². The van der Waals surface area contributed by atoms with E-state index in [2.05, 4.69) is 5.32 Å². The first-order chi connectivity index (χ1) is 10.5. The van der Waals surface area contributed by atoms with Gasteiger partial charge in [0.15, 0.2) is 0 Å². The summed E-state index contributed by atoms with van der Waals surface area (Å²) in [7, 11) is -3.43. The molecular weight excluding hydrogens is 316 g/mol. The molecule has 1 N–H and O–H groups in total. The highest BCUT2D eigenvalue weighted by Crippen LogP contribution is 2.18. The molecule has 0 bridgehead atoms. The first-order valence-electron chi connectivity index (χ1n) is 7.56. The van der Waals surface area contributed by atoms with Gasteiger partial charge in [-0.2, -0.15) is 0 Å². The maximum atomic E-state index is 12.0. The molecule has 0 saturated heterocycles. The van der Waals surface area contributed by atoms with Gasteiger partial charge in [-0.05, 0) is 44.9 Å². The minimum Gasteiger partial charge on any atom is -0.444 e. The highest BCUT2D eigenvalue weighted by atomic mass is 32.2. The van der Waals surface area contributed by atoms with Crippen LogP contribution in [0.5, 0.6) is 0 Å². The Hall–Kier alpha value is -1.76. The van der Waals surface area contributed by atoms with E-state index in [0.717, 1.165) is 18.2 Å². The van der Waals surface area contributed by atoms with Gasteiger partial charge in [0.25, 0.3) is 0 Å². The van der Waals surface area contributed by atoms with E-state index < -0.39 is 21.7 Å². The van der Waals surface area contributed by atoms with Crippen molar-refractivity contribution in [2.75, 3.05) is 23.7 Å². The Kier molecular flexibility index (Phi) is 6.44.